The Balaban J connectivity index is 2.66. The summed E-state index contributed by atoms with van der Waals surface area (Å²) in [5.41, 5.74) is 6.17. The highest BCUT2D eigenvalue weighted by Crippen LogP contribution is 2.18. The van der Waals surface area contributed by atoms with Crippen molar-refractivity contribution in [2.75, 3.05) is 12.5 Å². The van der Waals surface area contributed by atoms with Crippen LogP contribution in [0.5, 0.6) is 0 Å². The molecular formula is C10H15N5O. The van der Waals surface area contributed by atoms with Crippen molar-refractivity contribution in [2.24, 2.45) is 5.84 Å². The number of anilines is 1. The van der Waals surface area contributed by atoms with Gasteiger partial charge in [0.25, 0.3) is 0 Å². The van der Waals surface area contributed by atoms with Crippen molar-refractivity contribution in [3.05, 3.63) is 23.0 Å². The number of nitrogens with zero attached hydrogens (tertiary/aromatic N) is 3. The van der Waals surface area contributed by atoms with E-state index in [2.05, 4.69) is 15.5 Å². The number of aromatic nitrogens is 3. The maximum atomic E-state index is 5.50. The molecule has 0 aliphatic rings. The second kappa shape index (κ2) is 4.07. The van der Waals surface area contributed by atoms with E-state index in [1.165, 1.54) is 0 Å². The molecule has 0 atom stereocenters. The summed E-state index contributed by atoms with van der Waals surface area (Å²) in [6, 6.07) is 1.89. The van der Waals surface area contributed by atoms with Gasteiger partial charge in [0.1, 0.15) is 5.82 Å². The van der Waals surface area contributed by atoms with E-state index in [9.17, 15) is 0 Å². The molecule has 86 valence electrons. The number of rotatable bonds is 3. The van der Waals surface area contributed by atoms with Gasteiger partial charge < -0.3 is 10.2 Å². The Morgan fingerprint density at radius 2 is 2.25 bits per heavy atom. The Morgan fingerprint density at radius 1 is 1.50 bits per heavy atom. The quantitative estimate of drug-likeness (QED) is 0.591. The molecule has 6 heteroatoms. The van der Waals surface area contributed by atoms with Crippen molar-refractivity contribution < 1.29 is 4.74 Å². The first-order valence-electron chi connectivity index (χ1n) is 4.98. The normalized spacial score (nSPS) is 11.0. The molecule has 0 amide bonds. The van der Waals surface area contributed by atoms with Gasteiger partial charge in [-0.25, -0.2) is 10.8 Å². The van der Waals surface area contributed by atoms with Crippen molar-refractivity contribution in [3.8, 4) is 0 Å². The molecule has 2 aromatic rings. The SMILES string of the molecule is COCc1cc2nc(C)c(C)c(NN)n2n1. The van der Waals surface area contributed by atoms with E-state index in [-0.39, 0.29) is 0 Å². The molecule has 0 saturated heterocycles. The maximum Gasteiger partial charge on any atom is 0.158 e. The van der Waals surface area contributed by atoms with E-state index in [0.29, 0.717) is 6.61 Å². The topological polar surface area (TPSA) is 77.5 Å². The van der Waals surface area contributed by atoms with Crippen LogP contribution < -0.4 is 11.3 Å². The van der Waals surface area contributed by atoms with Crippen molar-refractivity contribution in [3.63, 3.8) is 0 Å². The summed E-state index contributed by atoms with van der Waals surface area (Å²) in [6.07, 6.45) is 0. The van der Waals surface area contributed by atoms with Crippen LogP contribution in [0.2, 0.25) is 0 Å². The smallest absolute Gasteiger partial charge is 0.158 e. The van der Waals surface area contributed by atoms with Gasteiger partial charge in [0.15, 0.2) is 5.65 Å². The summed E-state index contributed by atoms with van der Waals surface area (Å²) in [5, 5.41) is 4.36. The van der Waals surface area contributed by atoms with Crippen molar-refractivity contribution >= 4 is 11.5 Å². The molecule has 3 N–H and O–H groups in total. The number of hydrogen-bond donors (Lipinski definition) is 2. The molecule has 0 radical (unpaired) electrons. The zero-order chi connectivity index (χ0) is 11.7. The summed E-state index contributed by atoms with van der Waals surface area (Å²) in [5.74, 6) is 6.25. The standard InChI is InChI=1S/C10H15N5O/c1-6-7(2)12-9-4-8(5-16-3)14-15(9)10(6)13-11/h4,13H,5,11H2,1-3H3. The number of methoxy groups -OCH3 is 1. The van der Waals surface area contributed by atoms with Crippen LogP contribution in [0.1, 0.15) is 17.0 Å². The minimum atomic E-state index is 0.464. The van der Waals surface area contributed by atoms with Crippen LogP contribution in [0.3, 0.4) is 0 Å². The highest BCUT2D eigenvalue weighted by Gasteiger charge is 2.11. The molecule has 16 heavy (non-hydrogen) atoms. The van der Waals surface area contributed by atoms with Gasteiger partial charge in [-0.15, -0.1) is 0 Å². The Labute approximate surface area is 93.4 Å². The summed E-state index contributed by atoms with van der Waals surface area (Å²) in [6.45, 7) is 4.36. The first-order chi connectivity index (χ1) is 7.67. The molecule has 0 aliphatic carbocycles. The monoisotopic (exact) mass is 221 g/mol. The number of hydrazine groups is 1. The molecule has 0 spiro atoms. The summed E-state index contributed by atoms with van der Waals surface area (Å²) >= 11 is 0. The number of nitrogens with one attached hydrogen (secondary N) is 1. The van der Waals surface area contributed by atoms with E-state index in [1.807, 2.05) is 19.9 Å². The number of nitrogens with two attached hydrogens (primary N) is 1. The van der Waals surface area contributed by atoms with Gasteiger partial charge in [0.2, 0.25) is 0 Å². The van der Waals surface area contributed by atoms with Crippen LogP contribution in [-0.4, -0.2) is 21.7 Å². The molecule has 0 aliphatic heterocycles. The molecule has 6 nitrogen and oxygen atoms in total. The van der Waals surface area contributed by atoms with E-state index < -0.39 is 0 Å². The third kappa shape index (κ3) is 1.62. The van der Waals surface area contributed by atoms with E-state index >= 15 is 0 Å². The van der Waals surface area contributed by atoms with Crippen molar-refractivity contribution in [1.29, 1.82) is 0 Å². The molecular weight excluding hydrogens is 206 g/mol. The van der Waals surface area contributed by atoms with Crippen LogP contribution in [0.25, 0.3) is 5.65 Å². The first kappa shape index (κ1) is 10.8. The molecule has 0 bridgehead atoms. The van der Waals surface area contributed by atoms with Crippen LogP contribution >= 0.6 is 0 Å². The van der Waals surface area contributed by atoms with Crippen LogP contribution in [0.15, 0.2) is 6.07 Å². The highest BCUT2D eigenvalue weighted by molar-refractivity contribution is 5.54. The predicted molar refractivity (Wildman–Crippen MR) is 61.0 cm³/mol. The Morgan fingerprint density at radius 3 is 2.88 bits per heavy atom. The molecule has 2 aromatic heterocycles. The average molecular weight is 221 g/mol. The third-order valence-corrected chi connectivity index (χ3v) is 2.56. The average Bonchev–Trinajstić information content (AvgIpc) is 2.62. The van der Waals surface area contributed by atoms with Crippen molar-refractivity contribution in [2.45, 2.75) is 20.5 Å². The summed E-state index contributed by atoms with van der Waals surface area (Å²) < 4.78 is 6.73. The number of hydrogen-bond acceptors (Lipinski definition) is 5. The zero-order valence-corrected chi connectivity index (χ0v) is 9.61. The van der Waals surface area contributed by atoms with Crippen molar-refractivity contribution in [1.82, 2.24) is 14.6 Å². The van der Waals surface area contributed by atoms with Gasteiger partial charge in [-0.1, -0.05) is 0 Å². The van der Waals surface area contributed by atoms with Gasteiger partial charge in [-0.05, 0) is 13.8 Å². The molecule has 0 aromatic carbocycles. The number of nitrogen functional groups attached to an aromatic ring is 1. The van der Waals surface area contributed by atoms with E-state index in [1.54, 1.807) is 11.6 Å². The molecule has 0 saturated carbocycles. The van der Waals surface area contributed by atoms with Crippen LogP contribution in [0.4, 0.5) is 5.82 Å². The highest BCUT2D eigenvalue weighted by atomic mass is 16.5. The van der Waals surface area contributed by atoms with Gasteiger partial charge in [0.05, 0.1) is 12.3 Å². The fraction of sp³-hybridized carbons (Fsp3) is 0.400. The lowest BCUT2D eigenvalue weighted by atomic mass is 10.2. The lowest BCUT2D eigenvalue weighted by Gasteiger charge is -2.09. The number of fused-ring (bicyclic) bond motifs is 1. The van der Waals surface area contributed by atoms with Gasteiger partial charge in [-0.2, -0.15) is 9.61 Å². The first-order valence-corrected chi connectivity index (χ1v) is 4.98. The number of ether oxygens (including phenoxy) is 1. The largest absolute Gasteiger partial charge is 0.378 e. The molecule has 2 rings (SSSR count). The van der Waals surface area contributed by atoms with E-state index in [4.69, 9.17) is 10.6 Å². The van der Waals surface area contributed by atoms with E-state index in [0.717, 1.165) is 28.4 Å². The fourth-order valence-corrected chi connectivity index (χ4v) is 1.64. The Kier molecular flexibility index (Phi) is 2.76. The van der Waals surface area contributed by atoms with Gasteiger partial charge in [-0.3, -0.25) is 0 Å². The zero-order valence-electron chi connectivity index (χ0n) is 9.61. The summed E-state index contributed by atoms with van der Waals surface area (Å²) in [4.78, 5) is 4.44. The predicted octanol–water partition coefficient (Wildman–Crippen LogP) is 0.778. The van der Waals surface area contributed by atoms with Crippen LogP contribution in [-0.2, 0) is 11.3 Å². The maximum absolute atomic E-state index is 5.50. The van der Waals surface area contributed by atoms with Crippen LogP contribution in [0, 0.1) is 13.8 Å². The van der Waals surface area contributed by atoms with Gasteiger partial charge in [0, 0.05) is 24.4 Å². The molecule has 0 fully saturated rings. The third-order valence-electron chi connectivity index (χ3n) is 2.56. The lowest BCUT2D eigenvalue weighted by molar-refractivity contribution is 0.181. The Bertz CT molecular complexity index is 519. The van der Waals surface area contributed by atoms with Gasteiger partial charge >= 0.3 is 0 Å². The minimum Gasteiger partial charge on any atom is -0.378 e. The minimum absolute atomic E-state index is 0.464. The lowest BCUT2D eigenvalue weighted by Crippen LogP contribution is -2.14. The second-order valence-corrected chi connectivity index (χ2v) is 3.65. The summed E-state index contributed by atoms with van der Waals surface area (Å²) in [7, 11) is 1.63. The second-order valence-electron chi connectivity index (χ2n) is 3.65. The fourth-order valence-electron chi connectivity index (χ4n) is 1.64. The number of aryl methyl sites for hydroxylation is 1. The molecule has 2 heterocycles. The Hall–Kier alpha value is -1.66. The molecule has 0 unspecified atom stereocenters.